The van der Waals surface area contributed by atoms with Crippen LogP contribution in [0, 0.1) is 0 Å². The number of nitrogens with two attached hydrogens (primary N) is 1. The second-order valence-corrected chi connectivity index (χ2v) is 3.72. The van der Waals surface area contributed by atoms with Crippen LogP contribution in [-0.4, -0.2) is 57.7 Å². The van der Waals surface area contributed by atoms with Gasteiger partial charge in [0.05, 0.1) is 18.8 Å². The zero-order chi connectivity index (χ0) is 13.5. The molecule has 0 aliphatic carbocycles. The lowest BCUT2D eigenvalue weighted by Crippen LogP contribution is -2.31. The van der Waals surface area contributed by atoms with Crippen LogP contribution in [0.5, 0.6) is 0 Å². The van der Waals surface area contributed by atoms with E-state index in [9.17, 15) is 4.79 Å². The second-order valence-electron chi connectivity index (χ2n) is 3.72. The normalized spacial score (nSPS) is 24.9. The van der Waals surface area contributed by atoms with E-state index in [1.165, 1.54) is 6.20 Å². The van der Waals surface area contributed by atoms with Crippen LogP contribution in [0.4, 0.5) is 0 Å². The van der Waals surface area contributed by atoms with Gasteiger partial charge in [0.15, 0.2) is 0 Å². The topological polar surface area (TPSA) is 126 Å². The summed E-state index contributed by atoms with van der Waals surface area (Å²) in [6.45, 7) is -0.120. The first-order chi connectivity index (χ1) is 8.56. The molecule has 8 heteroatoms. The van der Waals surface area contributed by atoms with Crippen LogP contribution in [0.3, 0.4) is 0 Å². The van der Waals surface area contributed by atoms with E-state index < -0.39 is 24.2 Å². The summed E-state index contributed by atoms with van der Waals surface area (Å²) in [6.07, 6.45) is 0.673. The fraction of sp³-hybridized carbons (Fsp3) is 0.455. The summed E-state index contributed by atoms with van der Waals surface area (Å²) in [6, 6.07) is 3.29. The van der Waals surface area contributed by atoms with Crippen molar-refractivity contribution in [2.75, 3.05) is 13.2 Å². The maximum absolute atomic E-state index is 10.4. The molecule has 0 saturated carbocycles. The zero-order valence-corrected chi connectivity index (χ0v) is 10.9. The van der Waals surface area contributed by atoms with E-state index in [0.717, 1.165) is 0 Å². The highest BCUT2D eigenvalue weighted by Gasteiger charge is 2.33. The third-order valence-corrected chi connectivity index (χ3v) is 2.38. The number of aliphatic hydroxyl groups is 3. The van der Waals surface area contributed by atoms with Crippen molar-refractivity contribution in [1.29, 1.82) is 0 Å². The van der Waals surface area contributed by atoms with Crippen LogP contribution in [0.25, 0.3) is 0 Å². The first-order valence-electron chi connectivity index (χ1n) is 5.34. The molecule has 5 N–H and O–H groups in total. The second kappa shape index (κ2) is 8.78. The molecular formula is C11H17ClN2O5. The number of hydrogen-bond donors (Lipinski definition) is 4. The van der Waals surface area contributed by atoms with Gasteiger partial charge >= 0.3 is 0 Å². The van der Waals surface area contributed by atoms with Gasteiger partial charge in [0.25, 0.3) is 0 Å². The number of rotatable bonds is 2. The number of pyridine rings is 1. The van der Waals surface area contributed by atoms with Gasteiger partial charge < -0.3 is 25.8 Å². The summed E-state index contributed by atoms with van der Waals surface area (Å²) in [5.41, 5.74) is 5.38. The molecular weight excluding hydrogens is 276 g/mol. The smallest absolute Gasteiger partial charge is 0.250 e. The first kappa shape index (κ1) is 17.8. The van der Waals surface area contributed by atoms with Crippen molar-refractivity contribution in [3.8, 4) is 0 Å². The number of carbonyl (C=O) groups is 1. The summed E-state index contributed by atoms with van der Waals surface area (Å²) in [4.78, 5) is 14.1. The number of hydrogen-bond acceptors (Lipinski definition) is 6. The summed E-state index contributed by atoms with van der Waals surface area (Å²) >= 11 is 0. The lowest BCUT2D eigenvalue weighted by molar-refractivity contribution is -0.00588. The molecule has 0 bridgehead atoms. The minimum Gasteiger partial charge on any atom is -0.394 e. The Morgan fingerprint density at radius 3 is 2.47 bits per heavy atom. The SMILES string of the molecule is Cl.NC(=O)c1cccnc1.OC[C@H]1OC[C@H](O)[C@@H]1O. The van der Waals surface area contributed by atoms with Gasteiger partial charge in [0.1, 0.15) is 18.3 Å². The van der Waals surface area contributed by atoms with Gasteiger partial charge in [0, 0.05) is 12.4 Å². The highest BCUT2D eigenvalue weighted by Crippen LogP contribution is 2.12. The number of carbonyl (C=O) groups excluding carboxylic acids is 1. The Morgan fingerprint density at radius 2 is 2.21 bits per heavy atom. The van der Waals surface area contributed by atoms with E-state index in [-0.39, 0.29) is 25.6 Å². The monoisotopic (exact) mass is 292 g/mol. The number of nitrogens with zero attached hydrogens (tertiary/aromatic N) is 1. The molecule has 1 amide bonds. The Kier molecular flexibility index (Phi) is 8.21. The van der Waals surface area contributed by atoms with Crippen LogP contribution in [0.2, 0.25) is 0 Å². The van der Waals surface area contributed by atoms with Crippen LogP contribution in [0.15, 0.2) is 24.5 Å². The molecule has 0 aromatic carbocycles. The highest BCUT2D eigenvalue weighted by molar-refractivity contribution is 5.92. The van der Waals surface area contributed by atoms with Crippen LogP contribution < -0.4 is 5.73 Å². The van der Waals surface area contributed by atoms with Crippen molar-refractivity contribution in [2.24, 2.45) is 5.73 Å². The third-order valence-electron chi connectivity index (χ3n) is 2.38. The maximum atomic E-state index is 10.4. The largest absolute Gasteiger partial charge is 0.394 e. The van der Waals surface area contributed by atoms with E-state index in [1.54, 1.807) is 18.3 Å². The Labute approximate surface area is 116 Å². The number of amides is 1. The molecule has 2 heterocycles. The Bertz CT molecular complexity index is 379. The van der Waals surface area contributed by atoms with Gasteiger partial charge in [-0.05, 0) is 12.1 Å². The molecule has 1 aliphatic heterocycles. The fourth-order valence-corrected chi connectivity index (χ4v) is 1.34. The van der Waals surface area contributed by atoms with Crippen molar-refractivity contribution in [3.63, 3.8) is 0 Å². The number of halogens is 1. The predicted molar refractivity (Wildman–Crippen MR) is 68.8 cm³/mol. The van der Waals surface area contributed by atoms with Crippen molar-refractivity contribution in [2.45, 2.75) is 18.3 Å². The van der Waals surface area contributed by atoms with E-state index >= 15 is 0 Å². The van der Waals surface area contributed by atoms with E-state index in [2.05, 4.69) is 4.98 Å². The van der Waals surface area contributed by atoms with Crippen LogP contribution >= 0.6 is 12.4 Å². The van der Waals surface area contributed by atoms with Crippen molar-refractivity contribution in [1.82, 2.24) is 4.98 Å². The number of aliphatic hydroxyl groups excluding tert-OH is 3. The minimum atomic E-state index is -0.921. The maximum Gasteiger partial charge on any atom is 0.250 e. The van der Waals surface area contributed by atoms with Gasteiger partial charge in [-0.2, -0.15) is 0 Å². The summed E-state index contributed by atoms with van der Waals surface area (Å²) in [7, 11) is 0. The summed E-state index contributed by atoms with van der Waals surface area (Å²) in [5, 5.41) is 26.2. The molecule has 7 nitrogen and oxygen atoms in total. The molecule has 1 aliphatic rings. The molecule has 1 fully saturated rings. The number of primary amides is 1. The summed E-state index contributed by atoms with van der Waals surface area (Å²) < 4.78 is 4.78. The Morgan fingerprint density at radius 1 is 1.53 bits per heavy atom. The Balaban J connectivity index is 0.000000324. The fourth-order valence-electron chi connectivity index (χ4n) is 1.34. The Hall–Kier alpha value is -1.25. The van der Waals surface area contributed by atoms with E-state index in [4.69, 9.17) is 25.8 Å². The molecule has 0 unspecified atom stereocenters. The van der Waals surface area contributed by atoms with Gasteiger partial charge in [-0.1, -0.05) is 0 Å². The van der Waals surface area contributed by atoms with Crippen molar-refractivity contribution < 1.29 is 24.9 Å². The minimum absolute atomic E-state index is 0. The standard InChI is InChI=1S/C6H6N2O.C5H10O4.ClH/c7-6(9)5-2-1-3-8-4-5;6-1-4-5(8)3(7)2-9-4;/h1-4H,(H2,7,9);3-8H,1-2H2;1H/t;3-,4+,5-;/m.0./s1. The average molecular weight is 293 g/mol. The average Bonchev–Trinajstić information content (AvgIpc) is 2.71. The lowest BCUT2D eigenvalue weighted by atomic mass is 10.2. The van der Waals surface area contributed by atoms with E-state index in [0.29, 0.717) is 5.56 Å². The van der Waals surface area contributed by atoms with Gasteiger partial charge in [-0.3, -0.25) is 9.78 Å². The van der Waals surface area contributed by atoms with Gasteiger partial charge in [-0.25, -0.2) is 0 Å². The van der Waals surface area contributed by atoms with E-state index in [1.807, 2.05) is 0 Å². The first-order valence-corrected chi connectivity index (χ1v) is 5.34. The van der Waals surface area contributed by atoms with Gasteiger partial charge in [0.2, 0.25) is 5.91 Å². The molecule has 1 aromatic rings. The lowest BCUT2D eigenvalue weighted by Gasteiger charge is -2.10. The van der Waals surface area contributed by atoms with Crippen LogP contribution in [-0.2, 0) is 4.74 Å². The van der Waals surface area contributed by atoms with Crippen molar-refractivity contribution in [3.05, 3.63) is 30.1 Å². The molecule has 19 heavy (non-hydrogen) atoms. The van der Waals surface area contributed by atoms with Gasteiger partial charge in [-0.15, -0.1) is 12.4 Å². The molecule has 108 valence electrons. The predicted octanol–water partition coefficient (Wildman–Crippen LogP) is -1.30. The molecule has 3 atom stereocenters. The molecule has 1 saturated heterocycles. The molecule has 0 radical (unpaired) electrons. The molecule has 2 rings (SSSR count). The molecule has 1 aromatic heterocycles. The zero-order valence-electron chi connectivity index (χ0n) is 10.0. The third kappa shape index (κ3) is 5.50. The summed E-state index contributed by atoms with van der Waals surface area (Å²) in [5.74, 6) is -0.442. The number of ether oxygens (including phenoxy) is 1. The number of aromatic nitrogens is 1. The van der Waals surface area contributed by atoms with Crippen molar-refractivity contribution >= 4 is 18.3 Å². The molecule has 0 spiro atoms. The highest BCUT2D eigenvalue weighted by atomic mass is 35.5. The quantitative estimate of drug-likeness (QED) is 0.537. The van der Waals surface area contributed by atoms with Crippen LogP contribution in [0.1, 0.15) is 10.4 Å².